The number of nitrogens with zero attached hydrogens (tertiary/aromatic N) is 2. The van der Waals surface area contributed by atoms with Gasteiger partial charge in [-0.3, -0.25) is 0 Å². The summed E-state index contributed by atoms with van der Waals surface area (Å²) >= 11 is 1.83. The van der Waals surface area contributed by atoms with Crippen LogP contribution >= 0.6 is 11.3 Å². The number of nitrogens with two attached hydrogens (primary N) is 1. The molecule has 0 saturated carbocycles. The summed E-state index contributed by atoms with van der Waals surface area (Å²) in [4.78, 5) is 2.71. The Labute approximate surface area is 110 Å². The topological polar surface area (TPSA) is 64.1 Å². The Morgan fingerprint density at radius 3 is 2.94 bits per heavy atom. The number of hydrogen-bond donors (Lipinski definition) is 2. The molecule has 0 unspecified atom stereocenters. The van der Waals surface area contributed by atoms with Crippen LogP contribution in [0.2, 0.25) is 0 Å². The zero-order valence-electron chi connectivity index (χ0n) is 10.2. The number of hydrogen-bond acceptors (Lipinski definition) is 4. The van der Waals surface area contributed by atoms with Crippen molar-refractivity contribution in [1.29, 1.82) is 0 Å². The van der Waals surface area contributed by atoms with Crippen LogP contribution in [-0.4, -0.2) is 21.5 Å². The number of fused-ring (bicyclic) bond motifs is 1. The second-order valence-corrected chi connectivity index (χ2v) is 5.80. The van der Waals surface area contributed by atoms with E-state index in [1.807, 2.05) is 17.4 Å². The highest BCUT2D eigenvalue weighted by Crippen LogP contribution is 2.35. The number of nitrogen functional groups attached to an aromatic ring is 1. The minimum Gasteiger partial charge on any atom is -0.394 e. The van der Waals surface area contributed by atoms with Gasteiger partial charge in [-0.15, -0.1) is 11.3 Å². The van der Waals surface area contributed by atoms with Gasteiger partial charge >= 0.3 is 0 Å². The fourth-order valence-corrected chi connectivity index (χ4v) is 3.65. The molecule has 2 aromatic heterocycles. The largest absolute Gasteiger partial charge is 0.394 e. The van der Waals surface area contributed by atoms with Gasteiger partial charge in [-0.1, -0.05) is 0 Å². The molecule has 18 heavy (non-hydrogen) atoms. The van der Waals surface area contributed by atoms with E-state index >= 15 is 0 Å². The summed E-state index contributed by atoms with van der Waals surface area (Å²) in [5.41, 5.74) is 8.29. The molecule has 3 N–H and O–H groups in total. The van der Waals surface area contributed by atoms with Crippen molar-refractivity contribution in [1.82, 2.24) is 9.78 Å². The summed E-state index contributed by atoms with van der Waals surface area (Å²) in [7, 11) is 0. The molecular formula is C13H17N3OS. The molecule has 0 aliphatic heterocycles. The molecule has 5 heteroatoms. The summed E-state index contributed by atoms with van der Waals surface area (Å²) in [6.07, 6.45) is 4.99. The van der Waals surface area contributed by atoms with E-state index in [2.05, 4.69) is 11.2 Å². The SMILES string of the molecule is Nc1cc(-c2cc3c(s2)CCCC3)nn1CCO. The molecule has 0 fully saturated rings. The molecule has 4 nitrogen and oxygen atoms in total. The lowest BCUT2D eigenvalue weighted by Crippen LogP contribution is -2.07. The van der Waals surface area contributed by atoms with Gasteiger partial charge in [0.2, 0.25) is 0 Å². The van der Waals surface area contributed by atoms with E-state index in [0.29, 0.717) is 12.4 Å². The first-order chi connectivity index (χ1) is 8.78. The number of aliphatic hydroxyl groups is 1. The van der Waals surface area contributed by atoms with Crippen LogP contribution in [0.25, 0.3) is 10.6 Å². The van der Waals surface area contributed by atoms with Crippen molar-refractivity contribution >= 4 is 17.2 Å². The quantitative estimate of drug-likeness (QED) is 0.891. The van der Waals surface area contributed by atoms with Crippen molar-refractivity contribution in [2.45, 2.75) is 32.2 Å². The zero-order chi connectivity index (χ0) is 12.5. The highest BCUT2D eigenvalue weighted by molar-refractivity contribution is 7.15. The van der Waals surface area contributed by atoms with Crippen LogP contribution in [0, 0.1) is 0 Å². The predicted molar refractivity (Wildman–Crippen MR) is 73.7 cm³/mol. The molecule has 3 rings (SSSR count). The number of rotatable bonds is 3. The van der Waals surface area contributed by atoms with Crippen LogP contribution < -0.4 is 5.73 Å². The summed E-state index contributed by atoms with van der Waals surface area (Å²) in [6, 6.07) is 4.15. The van der Waals surface area contributed by atoms with Crippen molar-refractivity contribution in [3.05, 3.63) is 22.6 Å². The van der Waals surface area contributed by atoms with E-state index in [4.69, 9.17) is 10.8 Å². The molecule has 2 aromatic rings. The summed E-state index contributed by atoms with van der Waals surface area (Å²) in [5, 5.41) is 13.4. The van der Waals surface area contributed by atoms with Crippen LogP contribution in [0.3, 0.4) is 0 Å². The number of aliphatic hydroxyl groups excluding tert-OH is 1. The Hall–Kier alpha value is -1.33. The number of aryl methyl sites for hydroxylation is 2. The van der Waals surface area contributed by atoms with E-state index in [1.54, 1.807) is 4.68 Å². The lowest BCUT2D eigenvalue weighted by molar-refractivity contribution is 0.270. The fourth-order valence-electron chi connectivity index (χ4n) is 2.44. The van der Waals surface area contributed by atoms with Crippen molar-refractivity contribution in [2.75, 3.05) is 12.3 Å². The van der Waals surface area contributed by atoms with E-state index in [9.17, 15) is 0 Å². The minimum absolute atomic E-state index is 0.0618. The molecule has 1 aliphatic rings. The Balaban J connectivity index is 1.94. The molecule has 0 atom stereocenters. The van der Waals surface area contributed by atoms with Gasteiger partial charge in [0.15, 0.2) is 0 Å². The lowest BCUT2D eigenvalue weighted by Gasteiger charge is -2.08. The standard InChI is InChI=1S/C13H17N3OS/c14-13-8-10(15-16(13)5-6-17)12-7-9-3-1-2-4-11(9)18-12/h7-8,17H,1-6,14H2. The first kappa shape index (κ1) is 11.7. The zero-order valence-corrected chi connectivity index (χ0v) is 11.0. The monoisotopic (exact) mass is 263 g/mol. The minimum atomic E-state index is 0.0618. The average molecular weight is 263 g/mol. The maximum Gasteiger partial charge on any atom is 0.122 e. The van der Waals surface area contributed by atoms with E-state index in [1.165, 1.54) is 41.0 Å². The van der Waals surface area contributed by atoms with Gasteiger partial charge < -0.3 is 10.8 Å². The second-order valence-electron chi connectivity index (χ2n) is 4.67. The second kappa shape index (κ2) is 4.74. The highest BCUT2D eigenvalue weighted by atomic mass is 32.1. The van der Waals surface area contributed by atoms with Gasteiger partial charge in [0, 0.05) is 10.9 Å². The van der Waals surface area contributed by atoms with Crippen molar-refractivity contribution in [3.63, 3.8) is 0 Å². The van der Waals surface area contributed by atoms with Gasteiger partial charge in [0.05, 0.1) is 18.0 Å². The van der Waals surface area contributed by atoms with Crippen LogP contribution in [-0.2, 0) is 19.4 Å². The normalized spacial score (nSPS) is 14.7. The molecule has 0 aromatic carbocycles. The predicted octanol–water partition coefficient (Wildman–Crippen LogP) is 2.06. The van der Waals surface area contributed by atoms with Crippen LogP contribution in [0.15, 0.2) is 12.1 Å². The fraction of sp³-hybridized carbons (Fsp3) is 0.462. The molecule has 0 radical (unpaired) electrons. The van der Waals surface area contributed by atoms with Crippen LogP contribution in [0.1, 0.15) is 23.3 Å². The first-order valence-corrected chi connectivity index (χ1v) is 7.15. The number of thiophene rings is 1. The molecule has 1 aliphatic carbocycles. The number of anilines is 1. The Morgan fingerprint density at radius 2 is 2.17 bits per heavy atom. The van der Waals surface area contributed by atoms with Crippen molar-refractivity contribution in [3.8, 4) is 10.6 Å². The molecule has 0 spiro atoms. The molecule has 0 bridgehead atoms. The molecule has 2 heterocycles. The van der Waals surface area contributed by atoms with Gasteiger partial charge in [0.1, 0.15) is 11.5 Å². The first-order valence-electron chi connectivity index (χ1n) is 6.34. The molecule has 0 saturated heterocycles. The average Bonchev–Trinajstić information content (AvgIpc) is 2.94. The lowest BCUT2D eigenvalue weighted by atomic mass is 9.99. The summed E-state index contributed by atoms with van der Waals surface area (Å²) < 4.78 is 1.66. The van der Waals surface area contributed by atoms with Crippen molar-refractivity contribution in [2.24, 2.45) is 0 Å². The smallest absolute Gasteiger partial charge is 0.122 e. The third kappa shape index (κ3) is 2.04. The van der Waals surface area contributed by atoms with Crippen LogP contribution in [0.5, 0.6) is 0 Å². The maximum absolute atomic E-state index is 8.94. The maximum atomic E-state index is 8.94. The molecule has 0 amide bonds. The molecular weight excluding hydrogens is 246 g/mol. The van der Waals surface area contributed by atoms with Crippen LogP contribution in [0.4, 0.5) is 5.82 Å². The highest BCUT2D eigenvalue weighted by Gasteiger charge is 2.16. The van der Waals surface area contributed by atoms with E-state index in [-0.39, 0.29) is 6.61 Å². The summed E-state index contributed by atoms with van der Waals surface area (Å²) in [6.45, 7) is 0.517. The Kier molecular flexibility index (Phi) is 3.09. The molecule has 96 valence electrons. The third-order valence-corrected chi connectivity index (χ3v) is 4.63. The van der Waals surface area contributed by atoms with Gasteiger partial charge in [-0.2, -0.15) is 5.10 Å². The summed E-state index contributed by atoms with van der Waals surface area (Å²) in [5.74, 6) is 0.616. The van der Waals surface area contributed by atoms with Crippen molar-refractivity contribution < 1.29 is 5.11 Å². The Bertz CT molecular complexity index is 535. The van der Waals surface area contributed by atoms with E-state index < -0.39 is 0 Å². The Morgan fingerprint density at radius 1 is 1.33 bits per heavy atom. The number of aromatic nitrogens is 2. The third-order valence-electron chi connectivity index (χ3n) is 3.37. The van der Waals surface area contributed by atoms with Gasteiger partial charge in [-0.05, 0) is 37.3 Å². The van der Waals surface area contributed by atoms with Gasteiger partial charge in [-0.25, -0.2) is 4.68 Å². The van der Waals surface area contributed by atoms with Gasteiger partial charge in [0.25, 0.3) is 0 Å². The van der Waals surface area contributed by atoms with E-state index in [0.717, 1.165) is 5.69 Å².